The monoisotopic (exact) mass is 229 g/mol. The van der Waals surface area contributed by atoms with Crippen molar-refractivity contribution in [2.45, 2.75) is 0 Å². The van der Waals surface area contributed by atoms with Crippen molar-refractivity contribution in [3.8, 4) is 11.5 Å². The molecule has 0 fully saturated rings. The number of nitrogens with two attached hydrogens (primary N) is 1. The van der Waals surface area contributed by atoms with E-state index in [0.29, 0.717) is 4.99 Å². The predicted molar refractivity (Wildman–Crippen MR) is 68.8 cm³/mol. The van der Waals surface area contributed by atoms with Crippen LogP contribution in [0.2, 0.25) is 0 Å². The lowest BCUT2D eigenvalue weighted by Gasteiger charge is -2.06. The largest absolute Gasteiger partial charge is 0.457 e. The number of thiocarbonyl (C=S) groups is 1. The molecule has 0 aliphatic carbocycles. The Kier molecular flexibility index (Phi) is 3.17. The van der Waals surface area contributed by atoms with Crippen molar-refractivity contribution >= 4 is 17.2 Å². The predicted octanol–water partition coefficient (Wildman–Crippen LogP) is 3.11. The third-order valence-electron chi connectivity index (χ3n) is 2.10. The van der Waals surface area contributed by atoms with E-state index in [4.69, 9.17) is 22.7 Å². The molecular weight excluding hydrogens is 218 g/mol. The van der Waals surface area contributed by atoms with E-state index in [1.807, 2.05) is 54.6 Å². The molecule has 2 aromatic rings. The summed E-state index contributed by atoms with van der Waals surface area (Å²) in [6, 6.07) is 17.0. The average molecular weight is 229 g/mol. The van der Waals surface area contributed by atoms with Gasteiger partial charge in [-0.1, -0.05) is 42.5 Å². The fourth-order valence-corrected chi connectivity index (χ4v) is 1.46. The minimum absolute atomic E-state index is 0.374. The highest BCUT2D eigenvalue weighted by atomic mass is 32.1. The van der Waals surface area contributed by atoms with E-state index in [1.54, 1.807) is 0 Å². The highest BCUT2D eigenvalue weighted by Crippen LogP contribution is 2.21. The Labute approximate surface area is 99.7 Å². The van der Waals surface area contributed by atoms with Gasteiger partial charge in [0.1, 0.15) is 16.5 Å². The van der Waals surface area contributed by atoms with Crippen molar-refractivity contribution in [2.24, 2.45) is 5.73 Å². The van der Waals surface area contributed by atoms with Crippen LogP contribution in [0.3, 0.4) is 0 Å². The molecule has 0 aliphatic heterocycles. The Morgan fingerprint density at radius 2 is 1.62 bits per heavy atom. The fourth-order valence-electron chi connectivity index (χ4n) is 1.34. The zero-order valence-electron chi connectivity index (χ0n) is 8.59. The normalized spacial score (nSPS) is 9.75. The molecule has 80 valence electrons. The molecule has 0 saturated carbocycles. The minimum atomic E-state index is 0.374. The maximum Gasteiger partial charge on any atom is 0.128 e. The second kappa shape index (κ2) is 4.77. The van der Waals surface area contributed by atoms with Gasteiger partial charge in [0.15, 0.2) is 0 Å². The van der Waals surface area contributed by atoms with E-state index in [-0.39, 0.29) is 0 Å². The summed E-state index contributed by atoms with van der Waals surface area (Å²) in [4.78, 5) is 0.374. The average Bonchev–Trinajstić information content (AvgIpc) is 2.30. The first-order chi connectivity index (χ1) is 7.75. The summed E-state index contributed by atoms with van der Waals surface area (Å²) in [5.41, 5.74) is 6.36. The Morgan fingerprint density at radius 1 is 0.938 bits per heavy atom. The highest BCUT2D eigenvalue weighted by molar-refractivity contribution is 7.80. The molecule has 0 saturated heterocycles. The summed E-state index contributed by atoms with van der Waals surface area (Å²) in [6.07, 6.45) is 0. The number of ether oxygens (including phenoxy) is 1. The van der Waals surface area contributed by atoms with Gasteiger partial charge in [-0.15, -0.1) is 0 Å². The van der Waals surface area contributed by atoms with Crippen molar-refractivity contribution < 1.29 is 4.74 Å². The maximum atomic E-state index is 5.65. The molecule has 0 bridgehead atoms. The summed E-state index contributed by atoms with van der Waals surface area (Å²) in [6.45, 7) is 0. The standard InChI is InChI=1S/C13H11NOS/c14-13(16)10-5-4-8-12(9-10)15-11-6-2-1-3-7-11/h1-9H,(H2,14,16). The third-order valence-corrected chi connectivity index (χ3v) is 2.33. The molecule has 2 N–H and O–H groups in total. The van der Waals surface area contributed by atoms with Crippen LogP contribution in [-0.2, 0) is 0 Å². The summed E-state index contributed by atoms with van der Waals surface area (Å²) in [5.74, 6) is 1.53. The van der Waals surface area contributed by atoms with Crippen molar-refractivity contribution in [2.75, 3.05) is 0 Å². The van der Waals surface area contributed by atoms with Crippen molar-refractivity contribution in [3.05, 3.63) is 60.2 Å². The molecule has 0 heterocycles. The molecule has 2 aromatic carbocycles. The summed E-state index contributed by atoms with van der Waals surface area (Å²) >= 11 is 4.91. The fraction of sp³-hybridized carbons (Fsp3) is 0. The molecule has 0 spiro atoms. The van der Waals surface area contributed by atoms with Crippen molar-refractivity contribution in [3.63, 3.8) is 0 Å². The molecule has 0 unspecified atom stereocenters. The number of para-hydroxylation sites is 1. The Morgan fingerprint density at radius 3 is 2.31 bits per heavy atom. The van der Waals surface area contributed by atoms with Crippen molar-refractivity contribution in [1.82, 2.24) is 0 Å². The van der Waals surface area contributed by atoms with Gasteiger partial charge < -0.3 is 10.5 Å². The van der Waals surface area contributed by atoms with Gasteiger partial charge in [-0.25, -0.2) is 0 Å². The first-order valence-electron chi connectivity index (χ1n) is 4.88. The molecule has 2 nitrogen and oxygen atoms in total. The number of hydrogen-bond donors (Lipinski definition) is 1. The van der Waals surface area contributed by atoms with E-state index in [9.17, 15) is 0 Å². The van der Waals surface area contributed by atoms with Gasteiger partial charge in [0, 0.05) is 5.56 Å². The SMILES string of the molecule is NC(=S)c1cccc(Oc2ccccc2)c1. The lowest BCUT2D eigenvalue weighted by atomic mass is 10.2. The Bertz CT molecular complexity index is 496. The van der Waals surface area contributed by atoms with Gasteiger partial charge in [-0.2, -0.15) is 0 Å². The van der Waals surface area contributed by atoms with Crippen LogP contribution in [0.25, 0.3) is 0 Å². The van der Waals surface area contributed by atoms with Gasteiger partial charge in [0.25, 0.3) is 0 Å². The second-order valence-electron chi connectivity index (χ2n) is 3.31. The van der Waals surface area contributed by atoms with Gasteiger partial charge in [0.2, 0.25) is 0 Å². The molecule has 3 heteroatoms. The van der Waals surface area contributed by atoms with Crippen LogP contribution in [0.1, 0.15) is 5.56 Å². The van der Waals surface area contributed by atoms with Gasteiger partial charge >= 0.3 is 0 Å². The van der Waals surface area contributed by atoms with E-state index >= 15 is 0 Å². The van der Waals surface area contributed by atoms with Crippen molar-refractivity contribution in [1.29, 1.82) is 0 Å². The molecule has 0 aliphatic rings. The smallest absolute Gasteiger partial charge is 0.128 e. The molecular formula is C13H11NOS. The first kappa shape index (κ1) is 10.6. The molecule has 16 heavy (non-hydrogen) atoms. The number of hydrogen-bond acceptors (Lipinski definition) is 2. The zero-order chi connectivity index (χ0) is 11.4. The van der Waals surface area contributed by atoms with Gasteiger partial charge in [0.05, 0.1) is 0 Å². The molecule has 0 radical (unpaired) electrons. The third kappa shape index (κ3) is 2.58. The molecule has 0 atom stereocenters. The van der Waals surface area contributed by atoms with Gasteiger partial charge in [-0.05, 0) is 24.3 Å². The Balaban J connectivity index is 2.22. The molecule has 0 amide bonds. The number of rotatable bonds is 3. The summed E-state index contributed by atoms with van der Waals surface area (Å²) in [5, 5.41) is 0. The molecule has 2 rings (SSSR count). The lowest BCUT2D eigenvalue weighted by Crippen LogP contribution is -2.08. The van der Waals surface area contributed by atoms with Crippen LogP contribution >= 0.6 is 12.2 Å². The van der Waals surface area contributed by atoms with E-state index < -0.39 is 0 Å². The lowest BCUT2D eigenvalue weighted by molar-refractivity contribution is 0.482. The van der Waals surface area contributed by atoms with E-state index in [1.165, 1.54) is 0 Å². The zero-order valence-corrected chi connectivity index (χ0v) is 9.41. The quantitative estimate of drug-likeness (QED) is 0.821. The van der Waals surface area contributed by atoms with Gasteiger partial charge in [-0.3, -0.25) is 0 Å². The second-order valence-corrected chi connectivity index (χ2v) is 3.75. The van der Waals surface area contributed by atoms with Crippen LogP contribution in [0, 0.1) is 0 Å². The topological polar surface area (TPSA) is 35.2 Å². The van der Waals surface area contributed by atoms with Crippen LogP contribution in [0.4, 0.5) is 0 Å². The number of benzene rings is 2. The Hall–Kier alpha value is -1.87. The summed E-state index contributed by atoms with van der Waals surface area (Å²) < 4.78 is 5.65. The van der Waals surface area contributed by atoms with Crippen LogP contribution < -0.4 is 10.5 Å². The van der Waals surface area contributed by atoms with Crippen LogP contribution in [0.15, 0.2) is 54.6 Å². The van der Waals surface area contributed by atoms with Crippen LogP contribution in [-0.4, -0.2) is 4.99 Å². The van der Waals surface area contributed by atoms with Crippen LogP contribution in [0.5, 0.6) is 11.5 Å². The first-order valence-corrected chi connectivity index (χ1v) is 5.29. The van der Waals surface area contributed by atoms with E-state index in [0.717, 1.165) is 17.1 Å². The minimum Gasteiger partial charge on any atom is -0.457 e. The maximum absolute atomic E-state index is 5.65. The van der Waals surface area contributed by atoms with E-state index in [2.05, 4.69) is 0 Å². The summed E-state index contributed by atoms with van der Waals surface area (Å²) in [7, 11) is 0. The molecule has 0 aromatic heterocycles. The highest BCUT2D eigenvalue weighted by Gasteiger charge is 2.00.